The summed E-state index contributed by atoms with van der Waals surface area (Å²) in [5.41, 5.74) is 0.658. The Morgan fingerprint density at radius 2 is 2.12 bits per heavy atom. The molecule has 16 heavy (non-hydrogen) atoms. The number of nitrogens with zero attached hydrogens (tertiary/aromatic N) is 5. The van der Waals surface area contributed by atoms with E-state index >= 15 is 0 Å². The van der Waals surface area contributed by atoms with Crippen LogP contribution in [0.15, 0.2) is 12.3 Å². The highest BCUT2D eigenvalue weighted by atomic mass is 16.4. The maximum atomic E-state index is 10.6. The Morgan fingerprint density at radius 3 is 2.69 bits per heavy atom. The lowest BCUT2D eigenvalue weighted by Gasteiger charge is -2.00. The Morgan fingerprint density at radius 1 is 1.38 bits per heavy atom. The van der Waals surface area contributed by atoms with Gasteiger partial charge in [-0.05, 0) is 13.8 Å². The van der Waals surface area contributed by atoms with E-state index in [1.807, 2.05) is 6.92 Å². The standard InChI is InChI=1S/C9H9N5O2/c1-5-3-8(12-6(2)11-5)14-10-4-7(13-14)9(15)16/h3-4H,1-2H3,(H,15,16). The molecular weight excluding hydrogens is 210 g/mol. The quantitative estimate of drug-likeness (QED) is 0.784. The van der Waals surface area contributed by atoms with E-state index in [-0.39, 0.29) is 5.69 Å². The first-order valence-corrected chi connectivity index (χ1v) is 4.54. The summed E-state index contributed by atoms with van der Waals surface area (Å²) < 4.78 is 0. The van der Waals surface area contributed by atoms with E-state index in [2.05, 4.69) is 20.2 Å². The molecule has 0 saturated carbocycles. The van der Waals surface area contributed by atoms with Crippen LogP contribution in [0.3, 0.4) is 0 Å². The highest BCUT2D eigenvalue weighted by Gasteiger charge is 2.10. The lowest BCUT2D eigenvalue weighted by atomic mass is 10.4. The van der Waals surface area contributed by atoms with Crippen molar-refractivity contribution >= 4 is 5.97 Å². The van der Waals surface area contributed by atoms with E-state index in [1.54, 1.807) is 13.0 Å². The van der Waals surface area contributed by atoms with Gasteiger partial charge in [0.05, 0.1) is 6.20 Å². The molecule has 7 nitrogen and oxygen atoms in total. The van der Waals surface area contributed by atoms with Gasteiger partial charge < -0.3 is 5.11 Å². The summed E-state index contributed by atoms with van der Waals surface area (Å²) in [6, 6.07) is 1.68. The van der Waals surface area contributed by atoms with Crippen molar-refractivity contribution in [3.8, 4) is 5.82 Å². The van der Waals surface area contributed by atoms with Crippen molar-refractivity contribution in [3.05, 3.63) is 29.5 Å². The topological polar surface area (TPSA) is 93.8 Å². The fraction of sp³-hybridized carbons (Fsp3) is 0.222. The van der Waals surface area contributed by atoms with E-state index in [1.165, 1.54) is 11.0 Å². The van der Waals surface area contributed by atoms with Gasteiger partial charge in [-0.1, -0.05) is 0 Å². The Balaban J connectivity index is 2.46. The van der Waals surface area contributed by atoms with Gasteiger partial charge in [0.2, 0.25) is 0 Å². The summed E-state index contributed by atoms with van der Waals surface area (Å²) in [5, 5.41) is 16.3. The van der Waals surface area contributed by atoms with Gasteiger partial charge in [0.25, 0.3) is 0 Å². The van der Waals surface area contributed by atoms with Crippen molar-refractivity contribution in [1.82, 2.24) is 25.0 Å². The van der Waals surface area contributed by atoms with Crippen LogP contribution in [0.2, 0.25) is 0 Å². The van der Waals surface area contributed by atoms with Crippen LogP contribution in [0.4, 0.5) is 0 Å². The van der Waals surface area contributed by atoms with Crippen LogP contribution in [-0.4, -0.2) is 36.0 Å². The molecule has 0 amide bonds. The summed E-state index contributed by atoms with van der Waals surface area (Å²) in [5.74, 6) is -0.0737. The molecule has 0 bridgehead atoms. The molecule has 7 heteroatoms. The molecular formula is C9H9N5O2. The smallest absolute Gasteiger partial charge is 0.358 e. The number of carboxylic acid groups (broad SMARTS) is 1. The molecule has 0 saturated heterocycles. The largest absolute Gasteiger partial charge is 0.476 e. The third-order valence-corrected chi connectivity index (χ3v) is 1.87. The van der Waals surface area contributed by atoms with Gasteiger partial charge in [0.1, 0.15) is 5.82 Å². The maximum Gasteiger partial charge on any atom is 0.358 e. The van der Waals surface area contributed by atoms with Crippen LogP contribution >= 0.6 is 0 Å². The summed E-state index contributed by atoms with van der Waals surface area (Å²) in [4.78, 5) is 20.0. The Hall–Kier alpha value is -2.31. The minimum atomic E-state index is -1.12. The minimum Gasteiger partial charge on any atom is -0.476 e. The SMILES string of the molecule is Cc1cc(-n2ncc(C(=O)O)n2)nc(C)n1. The van der Waals surface area contributed by atoms with E-state index in [4.69, 9.17) is 5.11 Å². The van der Waals surface area contributed by atoms with E-state index in [0.717, 1.165) is 5.69 Å². The van der Waals surface area contributed by atoms with Crippen LogP contribution < -0.4 is 0 Å². The van der Waals surface area contributed by atoms with Crippen molar-refractivity contribution < 1.29 is 9.90 Å². The van der Waals surface area contributed by atoms with Gasteiger partial charge in [-0.15, -0.1) is 9.90 Å². The van der Waals surface area contributed by atoms with Crippen LogP contribution in [0.25, 0.3) is 5.82 Å². The zero-order valence-corrected chi connectivity index (χ0v) is 8.75. The Kier molecular flexibility index (Phi) is 2.35. The fourth-order valence-corrected chi connectivity index (χ4v) is 1.27. The van der Waals surface area contributed by atoms with Crippen molar-refractivity contribution in [1.29, 1.82) is 0 Å². The monoisotopic (exact) mass is 219 g/mol. The number of aromatic nitrogens is 5. The van der Waals surface area contributed by atoms with Crippen LogP contribution in [-0.2, 0) is 0 Å². The highest BCUT2D eigenvalue weighted by molar-refractivity contribution is 5.84. The fourth-order valence-electron chi connectivity index (χ4n) is 1.27. The maximum absolute atomic E-state index is 10.6. The summed E-state index contributed by atoms with van der Waals surface area (Å²) in [6.45, 7) is 3.57. The molecule has 0 fully saturated rings. The van der Waals surface area contributed by atoms with E-state index in [0.29, 0.717) is 11.6 Å². The third-order valence-electron chi connectivity index (χ3n) is 1.87. The molecule has 0 radical (unpaired) electrons. The minimum absolute atomic E-state index is 0.117. The first-order chi connectivity index (χ1) is 7.56. The second kappa shape index (κ2) is 3.69. The number of rotatable bonds is 2. The first-order valence-electron chi connectivity index (χ1n) is 4.54. The first kappa shape index (κ1) is 10.2. The van der Waals surface area contributed by atoms with Crippen LogP contribution in [0.5, 0.6) is 0 Å². The average molecular weight is 219 g/mol. The highest BCUT2D eigenvalue weighted by Crippen LogP contribution is 2.04. The molecule has 0 aliphatic rings. The van der Waals surface area contributed by atoms with Crippen molar-refractivity contribution in [2.24, 2.45) is 0 Å². The van der Waals surface area contributed by atoms with Gasteiger partial charge in [0, 0.05) is 11.8 Å². The molecule has 2 aromatic rings. The zero-order valence-electron chi connectivity index (χ0n) is 8.75. The summed E-state index contributed by atoms with van der Waals surface area (Å²) in [7, 11) is 0. The average Bonchev–Trinajstić information content (AvgIpc) is 2.64. The molecule has 0 spiro atoms. The van der Waals surface area contributed by atoms with E-state index in [9.17, 15) is 4.79 Å². The van der Waals surface area contributed by atoms with Gasteiger partial charge in [-0.2, -0.15) is 5.10 Å². The number of carboxylic acids is 1. The second-order valence-electron chi connectivity index (χ2n) is 3.24. The molecule has 1 N–H and O–H groups in total. The van der Waals surface area contributed by atoms with Crippen molar-refractivity contribution in [3.63, 3.8) is 0 Å². The molecule has 0 aliphatic carbocycles. The molecule has 82 valence electrons. The zero-order chi connectivity index (χ0) is 11.7. The number of carbonyl (C=O) groups is 1. The summed E-state index contributed by atoms with van der Waals surface area (Å²) >= 11 is 0. The van der Waals surface area contributed by atoms with Gasteiger partial charge in [-0.3, -0.25) is 0 Å². The molecule has 2 heterocycles. The molecule has 0 atom stereocenters. The van der Waals surface area contributed by atoms with Gasteiger partial charge in [0.15, 0.2) is 11.5 Å². The molecule has 2 rings (SSSR count). The lowest BCUT2D eigenvalue weighted by Crippen LogP contribution is -2.06. The van der Waals surface area contributed by atoms with Crippen LogP contribution in [0, 0.1) is 13.8 Å². The molecule has 2 aromatic heterocycles. The Labute approximate surface area is 90.8 Å². The number of hydrogen-bond donors (Lipinski definition) is 1. The molecule has 0 aliphatic heterocycles. The Bertz CT molecular complexity index is 528. The number of hydrogen-bond acceptors (Lipinski definition) is 5. The third kappa shape index (κ3) is 1.88. The number of aryl methyl sites for hydroxylation is 2. The molecule has 0 aromatic carbocycles. The van der Waals surface area contributed by atoms with Gasteiger partial charge in [-0.25, -0.2) is 14.8 Å². The predicted octanol–water partition coefficient (Wildman–Crippen LogP) is 0.372. The molecule has 0 unspecified atom stereocenters. The van der Waals surface area contributed by atoms with Crippen LogP contribution in [0.1, 0.15) is 22.0 Å². The summed E-state index contributed by atoms with van der Waals surface area (Å²) in [6.07, 6.45) is 1.18. The van der Waals surface area contributed by atoms with Crippen molar-refractivity contribution in [2.45, 2.75) is 13.8 Å². The van der Waals surface area contributed by atoms with Crippen molar-refractivity contribution in [2.75, 3.05) is 0 Å². The second-order valence-corrected chi connectivity index (χ2v) is 3.24. The lowest BCUT2D eigenvalue weighted by molar-refractivity contribution is 0.0690. The number of aromatic carboxylic acids is 1. The normalized spacial score (nSPS) is 10.4. The van der Waals surface area contributed by atoms with E-state index < -0.39 is 5.97 Å². The predicted molar refractivity (Wildman–Crippen MR) is 53.4 cm³/mol. The van der Waals surface area contributed by atoms with Gasteiger partial charge >= 0.3 is 5.97 Å².